The van der Waals surface area contributed by atoms with E-state index in [1.807, 2.05) is 0 Å². The van der Waals surface area contributed by atoms with Crippen LogP contribution in [-0.2, 0) is 0 Å². The van der Waals surface area contributed by atoms with E-state index in [1.165, 1.54) is 32.8 Å². The molecule has 2 heterocycles. The standard InChI is InChI=1S/C46H30N2O/c1-3-13-34(14-4-1)47(43-21-11-19-40-41-29-24-32-12-7-8-17-37(32)45(41)49-46(40)43)36-26-22-31(23-27-36)33-25-28-39-38-18-9-10-20-42(38)48(44(39)30-33)35-15-5-2-6-16-35/h1-30H. The number of hydrogen-bond donors (Lipinski definition) is 0. The quantitative estimate of drug-likeness (QED) is 0.190. The number of anilines is 3. The van der Waals surface area contributed by atoms with Gasteiger partial charge in [-0.2, -0.15) is 0 Å². The largest absolute Gasteiger partial charge is 0.453 e. The molecule has 8 aromatic carbocycles. The number of nitrogens with zero attached hydrogens (tertiary/aromatic N) is 2. The van der Waals surface area contributed by atoms with Gasteiger partial charge in [0.1, 0.15) is 5.58 Å². The van der Waals surface area contributed by atoms with Crippen LogP contribution in [0.2, 0.25) is 0 Å². The lowest BCUT2D eigenvalue weighted by Crippen LogP contribution is -2.10. The average Bonchev–Trinajstić information content (AvgIpc) is 3.72. The second kappa shape index (κ2) is 11.0. The first kappa shape index (κ1) is 27.5. The molecule has 0 amide bonds. The first-order chi connectivity index (χ1) is 24.3. The van der Waals surface area contributed by atoms with Crippen molar-refractivity contribution in [2.45, 2.75) is 0 Å². The van der Waals surface area contributed by atoms with Crippen molar-refractivity contribution in [2.24, 2.45) is 0 Å². The van der Waals surface area contributed by atoms with Crippen LogP contribution in [-0.4, -0.2) is 4.57 Å². The Morgan fingerprint density at radius 2 is 1.00 bits per heavy atom. The van der Waals surface area contributed by atoms with Gasteiger partial charge in [-0.1, -0.05) is 121 Å². The molecule has 2 aromatic heterocycles. The third-order valence-electron chi connectivity index (χ3n) is 9.77. The Morgan fingerprint density at radius 3 is 1.84 bits per heavy atom. The summed E-state index contributed by atoms with van der Waals surface area (Å²) in [6.45, 7) is 0. The maximum atomic E-state index is 6.78. The van der Waals surface area contributed by atoms with E-state index in [1.54, 1.807) is 0 Å². The zero-order valence-corrected chi connectivity index (χ0v) is 26.6. The summed E-state index contributed by atoms with van der Waals surface area (Å²) in [4.78, 5) is 2.30. The van der Waals surface area contributed by atoms with Crippen LogP contribution < -0.4 is 4.90 Å². The molecule has 3 heteroatoms. The summed E-state index contributed by atoms with van der Waals surface area (Å²) in [5.41, 5.74) is 10.8. The topological polar surface area (TPSA) is 21.3 Å². The van der Waals surface area contributed by atoms with Gasteiger partial charge in [-0.05, 0) is 77.2 Å². The van der Waals surface area contributed by atoms with Crippen LogP contribution in [0.3, 0.4) is 0 Å². The van der Waals surface area contributed by atoms with Gasteiger partial charge in [-0.3, -0.25) is 0 Å². The highest BCUT2D eigenvalue weighted by atomic mass is 16.3. The molecule has 0 spiro atoms. The van der Waals surface area contributed by atoms with E-state index in [0.717, 1.165) is 55.6 Å². The van der Waals surface area contributed by atoms with Crippen molar-refractivity contribution in [1.82, 2.24) is 4.57 Å². The highest BCUT2D eigenvalue weighted by Gasteiger charge is 2.20. The predicted molar refractivity (Wildman–Crippen MR) is 206 cm³/mol. The molecule has 0 saturated carbocycles. The maximum absolute atomic E-state index is 6.78. The lowest BCUT2D eigenvalue weighted by Gasteiger charge is -2.25. The highest BCUT2D eigenvalue weighted by Crippen LogP contribution is 2.44. The molecule has 0 aliphatic heterocycles. The second-order valence-corrected chi connectivity index (χ2v) is 12.6. The molecule has 10 aromatic rings. The monoisotopic (exact) mass is 626 g/mol. The van der Waals surface area contributed by atoms with E-state index in [-0.39, 0.29) is 0 Å². The van der Waals surface area contributed by atoms with Crippen molar-refractivity contribution in [3.8, 4) is 16.8 Å². The van der Waals surface area contributed by atoms with Gasteiger partial charge < -0.3 is 13.9 Å². The summed E-state index contributed by atoms with van der Waals surface area (Å²) in [5.74, 6) is 0. The van der Waals surface area contributed by atoms with Crippen LogP contribution >= 0.6 is 0 Å². The van der Waals surface area contributed by atoms with Crippen molar-refractivity contribution < 1.29 is 4.42 Å². The molecule has 0 saturated heterocycles. The summed E-state index contributed by atoms with van der Waals surface area (Å²) in [6, 6.07) is 64.8. The lowest BCUT2D eigenvalue weighted by atomic mass is 10.0. The van der Waals surface area contributed by atoms with Crippen molar-refractivity contribution >= 4 is 71.6 Å². The van der Waals surface area contributed by atoms with Gasteiger partial charge in [-0.25, -0.2) is 0 Å². The summed E-state index contributed by atoms with van der Waals surface area (Å²) < 4.78 is 9.16. The summed E-state index contributed by atoms with van der Waals surface area (Å²) in [5, 5.41) is 7.05. The molecule has 0 aliphatic carbocycles. The van der Waals surface area contributed by atoms with Crippen molar-refractivity contribution in [3.63, 3.8) is 0 Å². The van der Waals surface area contributed by atoms with E-state index < -0.39 is 0 Å². The summed E-state index contributed by atoms with van der Waals surface area (Å²) >= 11 is 0. The molecule has 0 aliphatic rings. The number of rotatable bonds is 5. The number of fused-ring (bicyclic) bond motifs is 8. The van der Waals surface area contributed by atoms with Crippen LogP contribution in [0.5, 0.6) is 0 Å². The highest BCUT2D eigenvalue weighted by molar-refractivity contribution is 6.17. The number of hydrogen-bond acceptors (Lipinski definition) is 2. The number of aromatic nitrogens is 1. The van der Waals surface area contributed by atoms with Gasteiger partial charge in [0.05, 0.1) is 16.7 Å². The Kier molecular flexibility index (Phi) is 6.18. The minimum atomic E-state index is 0.876. The Bertz CT molecular complexity index is 2810. The second-order valence-electron chi connectivity index (χ2n) is 12.6. The van der Waals surface area contributed by atoms with E-state index in [0.29, 0.717) is 0 Å². The van der Waals surface area contributed by atoms with Gasteiger partial charge in [0.15, 0.2) is 5.58 Å². The number of furan rings is 1. The predicted octanol–water partition coefficient (Wildman–Crippen LogP) is 13.0. The third kappa shape index (κ3) is 4.37. The third-order valence-corrected chi connectivity index (χ3v) is 9.77. The zero-order valence-electron chi connectivity index (χ0n) is 26.6. The summed E-state index contributed by atoms with van der Waals surface area (Å²) in [6.07, 6.45) is 0. The van der Waals surface area contributed by atoms with Gasteiger partial charge >= 0.3 is 0 Å². The maximum Gasteiger partial charge on any atom is 0.159 e. The van der Waals surface area contributed by atoms with Gasteiger partial charge in [-0.15, -0.1) is 0 Å². The van der Waals surface area contributed by atoms with E-state index in [4.69, 9.17) is 4.42 Å². The lowest BCUT2D eigenvalue weighted by molar-refractivity contribution is 0.673. The van der Waals surface area contributed by atoms with Crippen LogP contribution in [0, 0.1) is 0 Å². The van der Waals surface area contributed by atoms with Crippen LogP contribution in [0.15, 0.2) is 186 Å². The Labute approximate surface area is 283 Å². The Hall–Kier alpha value is -6.58. The molecule has 0 fully saturated rings. The van der Waals surface area contributed by atoms with Crippen molar-refractivity contribution in [1.29, 1.82) is 0 Å². The molecular formula is C46H30N2O. The fraction of sp³-hybridized carbons (Fsp3) is 0. The van der Waals surface area contributed by atoms with Crippen LogP contribution in [0.25, 0.3) is 71.3 Å². The molecule has 49 heavy (non-hydrogen) atoms. The molecule has 0 unspecified atom stereocenters. The van der Waals surface area contributed by atoms with Gasteiger partial charge in [0.25, 0.3) is 0 Å². The molecular weight excluding hydrogens is 597 g/mol. The van der Waals surface area contributed by atoms with E-state index in [9.17, 15) is 0 Å². The van der Waals surface area contributed by atoms with Crippen molar-refractivity contribution in [3.05, 3.63) is 182 Å². The fourth-order valence-electron chi connectivity index (χ4n) is 7.50. The van der Waals surface area contributed by atoms with E-state index >= 15 is 0 Å². The normalized spacial score (nSPS) is 11.7. The minimum Gasteiger partial charge on any atom is -0.453 e. The minimum absolute atomic E-state index is 0.876. The number of para-hydroxylation sites is 4. The Morgan fingerprint density at radius 1 is 0.388 bits per heavy atom. The van der Waals surface area contributed by atoms with Gasteiger partial charge in [0, 0.05) is 44.0 Å². The number of benzene rings is 8. The zero-order chi connectivity index (χ0) is 32.3. The van der Waals surface area contributed by atoms with Crippen LogP contribution in [0.1, 0.15) is 0 Å². The Balaban J connectivity index is 1.12. The fourth-order valence-corrected chi connectivity index (χ4v) is 7.50. The molecule has 10 rings (SSSR count). The SMILES string of the molecule is c1ccc(N(c2ccc(-c3ccc4c5ccccc5n(-c5ccccc5)c4c3)cc2)c2cccc3c2oc2c4ccccc4ccc32)cc1. The molecule has 0 bridgehead atoms. The average molecular weight is 627 g/mol. The molecule has 0 atom stereocenters. The van der Waals surface area contributed by atoms with Crippen molar-refractivity contribution in [2.75, 3.05) is 4.90 Å². The molecule has 230 valence electrons. The smallest absolute Gasteiger partial charge is 0.159 e. The van der Waals surface area contributed by atoms with Gasteiger partial charge in [0.2, 0.25) is 0 Å². The molecule has 3 nitrogen and oxygen atoms in total. The molecule has 0 radical (unpaired) electrons. The molecule has 0 N–H and O–H groups in total. The first-order valence-corrected chi connectivity index (χ1v) is 16.7. The van der Waals surface area contributed by atoms with Crippen LogP contribution in [0.4, 0.5) is 17.1 Å². The first-order valence-electron chi connectivity index (χ1n) is 16.7. The van der Waals surface area contributed by atoms with E-state index in [2.05, 4.69) is 191 Å². The summed E-state index contributed by atoms with van der Waals surface area (Å²) in [7, 11) is 0.